The maximum Gasteiger partial charge on any atom is 0.222 e. The number of ether oxygens (including phenoxy) is 1. The summed E-state index contributed by atoms with van der Waals surface area (Å²) in [6.07, 6.45) is 1.83. The molecule has 17 heavy (non-hydrogen) atoms. The third-order valence-corrected chi connectivity index (χ3v) is 2.60. The van der Waals surface area contributed by atoms with Crippen molar-refractivity contribution >= 4 is 5.95 Å². The molecule has 4 heteroatoms. The van der Waals surface area contributed by atoms with E-state index >= 15 is 0 Å². The Kier molecular flexibility index (Phi) is 3.23. The first-order valence-corrected chi connectivity index (χ1v) is 5.40. The number of rotatable bonds is 3. The molecule has 2 rings (SSSR count). The van der Waals surface area contributed by atoms with E-state index in [0.29, 0.717) is 5.95 Å². The highest BCUT2D eigenvalue weighted by atomic mass is 16.5. The average molecular weight is 229 g/mol. The van der Waals surface area contributed by atoms with E-state index in [-0.39, 0.29) is 0 Å². The second kappa shape index (κ2) is 4.82. The van der Waals surface area contributed by atoms with Gasteiger partial charge in [-0.15, -0.1) is 0 Å². The molecule has 0 aliphatic rings. The number of aromatic nitrogens is 2. The molecule has 0 saturated carbocycles. The molecule has 1 N–H and O–H groups in total. The normalized spacial score (nSPS) is 10.1. The minimum Gasteiger partial charge on any atom is -0.497 e. The summed E-state index contributed by atoms with van der Waals surface area (Å²) in [4.78, 5) is 8.58. The highest BCUT2D eigenvalue weighted by Crippen LogP contribution is 2.24. The van der Waals surface area contributed by atoms with Crippen LogP contribution in [0.2, 0.25) is 0 Å². The van der Waals surface area contributed by atoms with Gasteiger partial charge in [-0.3, -0.25) is 0 Å². The Balaban J connectivity index is 2.38. The molecule has 0 aliphatic carbocycles. The number of methoxy groups -OCH3 is 1. The number of nitrogens with zero attached hydrogens (tertiary/aromatic N) is 2. The zero-order valence-electron chi connectivity index (χ0n) is 10.2. The van der Waals surface area contributed by atoms with E-state index in [1.54, 1.807) is 7.11 Å². The van der Waals surface area contributed by atoms with Gasteiger partial charge in [0.25, 0.3) is 0 Å². The van der Waals surface area contributed by atoms with E-state index in [1.807, 2.05) is 44.4 Å². The summed E-state index contributed by atoms with van der Waals surface area (Å²) in [5, 5.41) is 2.92. The molecule has 0 aliphatic heterocycles. The predicted octanol–water partition coefficient (Wildman–Crippen LogP) is 2.50. The van der Waals surface area contributed by atoms with Crippen LogP contribution in [0.1, 0.15) is 5.69 Å². The Morgan fingerprint density at radius 1 is 1.18 bits per heavy atom. The van der Waals surface area contributed by atoms with Gasteiger partial charge >= 0.3 is 0 Å². The monoisotopic (exact) mass is 229 g/mol. The van der Waals surface area contributed by atoms with Crippen molar-refractivity contribution in [1.82, 2.24) is 9.97 Å². The van der Waals surface area contributed by atoms with Gasteiger partial charge in [0.15, 0.2) is 0 Å². The van der Waals surface area contributed by atoms with E-state index in [4.69, 9.17) is 4.74 Å². The fraction of sp³-hybridized carbons (Fsp3) is 0.231. The van der Waals surface area contributed by atoms with Crippen LogP contribution in [0.3, 0.4) is 0 Å². The zero-order valence-corrected chi connectivity index (χ0v) is 10.2. The van der Waals surface area contributed by atoms with E-state index < -0.39 is 0 Å². The summed E-state index contributed by atoms with van der Waals surface area (Å²) in [6.45, 7) is 1.97. The van der Waals surface area contributed by atoms with Crippen LogP contribution in [-0.2, 0) is 0 Å². The molecule has 0 fully saturated rings. The smallest absolute Gasteiger partial charge is 0.222 e. The summed E-state index contributed by atoms with van der Waals surface area (Å²) < 4.78 is 5.13. The van der Waals surface area contributed by atoms with Crippen LogP contribution in [0.25, 0.3) is 11.1 Å². The molecule has 0 spiro atoms. The highest BCUT2D eigenvalue weighted by Gasteiger charge is 2.05. The minimum absolute atomic E-state index is 0.639. The van der Waals surface area contributed by atoms with Gasteiger partial charge in [-0.05, 0) is 24.6 Å². The van der Waals surface area contributed by atoms with Crippen LogP contribution in [0, 0.1) is 6.92 Å². The topological polar surface area (TPSA) is 47.0 Å². The Morgan fingerprint density at radius 3 is 2.41 bits per heavy atom. The van der Waals surface area contributed by atoms with Gasteiger partial charge in [0.1, 0.15) is 5.75 Å². The van der Waals surface area contributed by atoms with Crippen LogP contribution >= 0.6 is 0 Å². The van der Waals surface area contributed by atoms with Gasteiger partial charge in [0.05, 0.1) is 12.8 Å². The second-order valence-corrected chi connectivity index (χ2v) is 3.67. The largest absolute Gasteiger partial charge is 0.497 e. The Bertz CT molecular complexity index is 509. The van der Waals surface area contributed by atoms with E-state index in [1.165, 1.54) is 0 Å². The van der Waals surface area contributed by atoms with E-state index in [0.717, 1.165) is 22.6 Å². The van der Waals surface area contributed by atoms with E-state index in [9.17, 15) is 0 Å². The fourth-order valence-corrected chi connectivity index (χ4v) is 1.64. The third-order valence-electron chi connectivity index (χ3n) is 2.60. The van der Waals surface area contributed by atoms with Crippen LogP contribution in [0.4, 0.5) is 5.95 Å². The van der Waals surface area contributed by atoms with Gasteiger partial charge in [0, 0.05) is 18.8 Å². The Hall–Kier alpha value is -2.10. The molecule has 0 unspecified atom stereocenters. The van der Waals surface area contributed by atoms with Gasteiger partial charge in [0.2, 0.25) is 5.95 Å². The number of aryl methyl sites for hydroxylation is 1. The number of hydrogen-bond acceptors (Lipinski definition) is 4. The molecule has 0 radical (unpaired) electrons. The molecule has 88 valence electrons. The number of benzene rings is 1. The Labute approximate surface area is 101 Å². The van der Waals surface area contributed by atoms with Gasteiger partial charge in [-0.2, -0.15) is 0 Å². The number of anilines is 1. The third kappa shape index (κ3) is 2.36. The molecule has 1 heterocycles. The lowest BCUT2D eigenvalue weighted by Crippen LogP contribution is -1.98. The van der Waals surface area contributed by atoms with Crippen LogP contribution in [0.15, 0.2) is 30.5 Å². The first kappa shape index (κ1) is 11.4. The first-order chi connectivity index (χ1) is 8.24. The second-order valence-electron chi connectivity index (χ2n) is 3.67. The Morgan fingerprint density at radius 2 is 1.88 bits per heavy atom. The van der Waals surface area contributed by atoms with Crippen molar-refractivity contribution in [1.29, 1.82) is 0 Å². The van der Waals surface area contributed by atoms with E-state index in [2.05, 4.69) is 15.3 Å². The lowest BCUT2D eigenvalue weighted by Gasteiger charge is -2.07. The van der Waals surface area contributed by atoms with Crippen LogP contribution in [-0.4, -0.2) is 24.1 Å². The number of hydrogen-bond donors (Lipinski definition) is 1. The molecule has 1 aromatic carbocycles. The summed E-state index contributed by atoms with van der Waals surface area (Å²) in [5.74, 6) is 1.49. The molecule has 0 amide bonds. The molecule has 0 bridgehead atoms. The fourth-order valence-electron chi connectivity index (χ4n) is 1.64. The summed E-state index contributed by atoms with van der Waals surface area (Å²) in [5.41, 5.74) is 3.08. The minimum atomic E-state index is 0.639. The lowest BCUT2D eigenvalue weighted by atomic mass is 10.1. The molecule has 4 nitrogen and oxygen atoms in total. The molecule has 0 saturated heterocycles. The predicted molar refractivity (Wildman–Crippen MR) is 68.3 cm³/mol. The first-order valence-electron chi connectivity index (χ1n) is 5.40. The van der Waals surface area contributed by atoms with Crippen molar-refractivity contribution in [3.8, 4) is 16.9 Å². The van der Waals surface area contributed by atoms with Crippen molar-refractivity contribution < 1.29 is 4.74 Å². The zero-order chi connectivity index (χ0) is 12.3. The SMILES string of the molecule is CNc1ncc(-c2ccc(OC)cc2)c(C)n1. The maximum absolute atomic E-state index is 5.13. The maximum atomic E-state index is 5.13. The van der Waals surface area contributed by atoms with Gasteiger partial charge in [-0.1, -0.05) is 12.1 Å². The lowest BCUT2D eigenvalue weighted by molar-refractivity contribution is 0.415. The summed E-state index contributed by atoms with van der Waals surface area (Å²) in [7, 11) is 3.47. The van der Waals surface area contributed by atoms with Gasteiger partial charge in [-0.25, -0.2) is 9.97 Å². The average Bonchev–Trinajstić information content (AvgIpc) is 2.39. The van der Waals surface area contributed by atoms with Crippen molar-refractivity contribution in [3.05, 3.63) is 36.2 Å². The molecule has 2 aromatic rings. The van der Waals surface area contributed by atoms with Crippen LogP contribution in [0.5, 0.6) is 5.75 Å². The van der Waals surface area contributed by atoms with Crippen LogP contribution < -0.4 is 10.1 Å². The summed E-state index contributed by atoms with van der Waals surface area (Å²) in [6, 6.07) is 7.87. The number of nitrogens with one attached hydrogen (secondary N) is 1. The van der Waals surface area contributed by atoms with Crippen molar-refractivity contribution in [3.63, 3.8) is 0 Å². The highest BCUT2D eigenvalue weighted by molar-refractivity contribution is 5.66. The van der Waals surface area contributed by atoms with Crippen molar-refractivity contribution in [2.75, 3.05) is 19.5 Å². The van der Waals surface area contributed by atoms with Crippen molar-refractivity contribution in [2.24, 2.45) is 0 Å². The van der Waals surface area contributed by atoms with Crippen molar-refractivity contribution in [2.45, 2.75) is 6.92 Å². The molecular formula is C13H15N3O. The molecule has 0 atom stereocenters. The quantitative estimate of drug-likeness (QED) is 0.878. The standard InChI is InChI=1S/C13H15N3O/c1-9-12(8-15-13(14-2)16-9)10-4-6-11(17-3)7-5-10/h4-8H,1-3H3,(H,14,15,16). The summed E-state index contributed by atoms with van der Waals surface area (Å²) >= 11 is 0. The molecule has 1 aromatic heterocycles. The van der Waals surface area contributed by atoms with Gasteiger partial charge < -0.3 is 10.1 Å². The molecular weight excluding hydrogens is 214 g/mol.